The zero-order valence-electron chi connectivity index (χ0n) is 29.4. The van der Waals surface area contributed by atoms with Crippen LogP contribution in [0.3, 0.4) is 0 Å². The molecule has 1 aliphatic carbocycles. The van der Waals surface area contributed by atoms with E-state index in [2.05, 4.69) is 15.1 Å². The van der Waals surface area contributed by atoms with Crippen molar-refractivity contribution in [2.45, 2.75) is 121 Å². The Kier molecular flexibility index (Phi) is 11.7. The van der Waals surface area contributed by atoms with Gasteiger partial charge in [-0.3, -0.25) is 9.46 Å². The summed E-state index contributed by atoms with van der Waals surface area (Å²) in [5.41, 5.74) is -0.429. The van der Waals surface area contributed by atoms with Gasteiger partial charge in [-0.05, 0) is 72.9 Å². The molecule has 2 saturated heterocycles. The summed E-state index contributed by atoms with van der Waals surface area (Å²) in [7, 11) is -2.66. The summed E-state index contributed by atoms with van der Waals surface area (Å²) >= 11 is 6.53. The van der Waals surface area contributed by atoms with Gasteiger partial charge in [0, 0.05) is 13.2 Å². The molecule has 1 N–H and O–H groups in total. The first kappa shape index (κ1) is 38.3. The molecule has 16 nitrogen and oxygen atoms in total. The number of carbonyl (C=O) groups is 1. The Labute approximate surface area is 291 Å². The number of fused-ring (bicyclic) bond motifs is 2. The molecule has 1 saturated carbocycles. The molecule has 49 heavy (non-hydrogen) atoms. The van der Waals surface area contributed by atoms with Crippen molar-refractivity contribution in [2.75, 3.05) is 45.0 Å². The van der Waals surface area contributed by atoms with Gasteiger partial charge in [-0.2, -0.15) is 15.1 Å². The van der Waals surface area contributed by atoms with Gasteiger partial charge >= 0.3 is 13.7 Å². The number of halogens is 1. The standard InChI is InChI=1S/C31H49ClN5O11P/c1-9-43-49(40,44-10-2)31(17-38,18-41-8)42-16-21-22-23(47-30(6,7)46-22)26(45-21)37-25-20(15-33-37)24(34-27(32)35-25)36(19-13-11-12-14-19)28(39)48-29(3,4)5/h15,19,21-23,26,38H,9-14,16-18H2,1-8H3/t21-,22-,23-,26-,31+/m1/s1. The quantitative estimate of drug-likeness (QED) is 0.198. The molecular formula is C31H49ClN5O11P. The van der Waals surface area contributed by atoms with Crippen molar-refractivity contribution in [2.24, 2.45) is 0 Å². The van der Waals surface area contributed by atoms with Crippen molar-refractivity contribution in [1.82, 2.24) is 19.7 Å². The minimum Gasteiger partial charge on any atom is -0.443 e. The predicted molar refractivity (Wildman–Crippen MR) is 178 cm³/mol. The van der Waals surface area contributed by atoms with Crippen LogP contribution in [0.2, 0.25) is 5.28 Å². The number of aliphatic hydroxyl groups is 1. The van der Waals surface area contributed by atoms with Gasteiger partial charge in [0.2, 0.25) is 10.6 Å². The summed E-state index contributed by atoms with van der Waals surface area (Å²) in [5.74, 6) is -0.713. The number of ether oxygens (including phenoxy) is 6. The Balaban J connectivity index is 1.50. The third kappa shape index (κ3) is 7.79. The summed E-state index contributed by atoms with van der Waals surface area (Å²) in [6.45, 7) is 11.2. The number of amides is 1. The van der Waals surface area contributed by atoms with Crippen LogP contribution >= 0.6 is 19.2 Å². The fourth-order valence-corrected chi connectivity index (χ4v) is 8.66. The van der Waals surface area contributed by atoms with E-state index in [0.29, 0.717) is 11.0 Å². The van der Waals surface area contributed by atoms with Crippen molar-refractivity contribution >= 4 is 42.1 Å². The second kappa shape index (κ2) is 14.9. The highest BCUT2D eigenvalue weighted by Crippen LogP contribution is 2.61. The highest BCUT2D eigenvalue weighted by atomic mass is 35.5. The fourth-order valence-electron chi connectivity index (χ4n) is 6.58. The first-order valence-corrected chi connectivity index (χ1v) is 18.6. The van der Waals surface area contributed by atoms with Crippen LogP contribution in [0.4, 0.5) is 10.6 Å². The Hall–Kier alpha value is -1.98. The van der Waals surface area contributed by atoms with E-state index in [0.717, 1.165) is 25.7 Å². The van der Waals surface area contributed by atoms with Crippen LogP contribution in [0.1, 0.15) is 80.4 Å². The molecule has 0 bridgehead atoms. The number of carbonyl (C=O) groups excluding carboxylic acids is 1. The molecule has 5 atom stereocenters. The smallest absolute Gasteiger partial charge is 0.416 e. The lowest BCUT2D eigenvalue weighted by Gasteiger charge is -2.37. The summed E-state index contributed by atoms with van der Waals surface area (Å²) in [5, 5.41) is 13.7. The largest absolute Gasteiger partial charge is 0.443 e. The van der Waals surface area contributed by atoms with E-state index in [1.165, 1.54) is 11.8 Å². The molecule has 2 aliphatic heterocycles. The van der Waals surface area contributed by atoms with Gasteiger partial charge in [0.25, 0.3) is 0 Å². The van der Waals surface area contributed by atoms with E-state index < -0.39 is 61.6 Å². The number of aliphatic hydroxyl groups excluding tert-OH is 1. The number of rotatable bonds is 14. The van der Waals surface area contributed by atoms with E-state index in [9.17, 15) is 14.5 Å². The second-order valence-corrected chi connectivity index (χ2v) is 16.4. The molecule has 0 unspecified atom stereocenters. The summed E-state index contributed by atoms with van der Waals surface area (Å²) in [6, 6.07) is -0.142. The molecule has 0 aromatic carbocycles. The zero-order valence-corrected chi connectivity index (χ0v) is 31.1. The monoisotopic (exact) mass is 733 g/mol. The average Bonchev–Trinajstić information content (AvgIpc) is 3.79. The predicted octanol–water partition coefficient (Wildman–Crippen LogP) is 5.20. The fraction of sp³-hybridized carbons (Fsp3) is 0.806. The maximum atomic E-state index is 13.9. The lowest BCUT2D eigenvalue weighted by atomic mass is 10.1. The lowest BCUT2D eigenvalue weighted by molar-refractivity contribution is -0.208. The maximum absolute atomic E-state index is 13.9. The average molecular weight is 734 g/mol. The number of anilines is 1. The number of methoxy groups -OCH3 is 1. The normalized spacial score (nSPS) is 25.5. The SMILES string of the molecule is CCOP(=O)(OCC)[C@@](CO)(COC)OC[C@H]1O[C@@H](n2ncc3c(N(C(=O)OC(C)(C)C)C4CCCC4)nc(Cl)nc32)[C@@H]2OC(C)(C)O[C@@H]21. The van der Waals surface area contributed by atoms with Gasteiger partial charge in [0.05, 0.1) is 44.6 Å². The Morgan fingerprint density at radius 1 is 1.14 bits per heavy atom. The topological polar surface area (TPSA) is 175 Å². The zero-order chi connectivity index (χ0) is 35.8. The number of nitrogens with zero attached hydrogens (tertiary/aromatic N) is 5. The molecule has 0 spiro atoms. The van der Waals surface area contributed by atoms with Crippen LogP contribution in [0.15, 0.2) is 6.20 Å². The molecule has 2 aromatic rings. The van der Waals surface area contributed by atoms with Crippen molar-refractivity contribution in [3.63, 3.8) is 0 Å². The maximum Gasteiger partial charge on any atom is 0.416 e. The van der Waals surface area contributed by atoms with Crippen LogP contribution < -0.4 is 4.90 Å². The molecule has 0 radical (unpaired) electrons. The van der Waals surface area contributed by atoms with Gasteiger partial charge < -0.3 is 42.6 Å². The highest BCUT2D eigenvalue weighted by Gasteiger charge is 2.59. The first-order valence-electron chi connectivity index (χ1n) is 16.7. The van der Waals surface area contributed by atoms with Gasteiger partial charge in [-0.1, -0.05) is 12.8 Å². The Morgan fingerprint density at radius 2 is 1.80 bits per heavy atom. The Bertz CT molecular complexity index is 1510. The van der Waals surface area contributed by atoms with E-state index in [4.69, 9.17) is 49.1 Å². The minimum atomic E-state index is -4.05. The van der Waals surface area contributed by atoms with E-state index in [-0.39, 0.29) is 43.6 Å². The van der Waals surface area contributed by atoms with E-state index >= 15 is 0 Å². The van der Waals surface area contributed by atoms with Gasteiger partial charge in [0.15, 0.2) is 23.5 Å². The molecule has 5 rings (SSSR count). The highest BCUT2D eigenvalue weighted by molar-refractivity contribution is 7.55. The molecule has 1 amide bonds. The van der Waals surface area contributed by atoms with Crippen LogP contribution in [-0.4, -0.2) is 112 Å². The van der Waals surface area contributed by atoms with Crippen LogP contribution in [0, 0.1) is 0 Å². The summed E-state index contributed by atoms with van der Waals surface area (Å²) < 4.78 is 63.0. The van der Waals surface area contributed by atoms with Crippen LogP contribution in [0.25, 0.3) is 11.0 Å². The van der Waals surface area contributed by atoms with Crippen molar-refractivity contribution < 1.29 is 51.9 Å². The van der Waals surface area contributed by atoms with Crippen LogP contribution in [-0.2, 0) is 42.0 Å². The number of hydrogen-bond acceptors (Lipinski definition) is 14. The minimum absolute atomic E-state index is 0.0504. The molecule has 18 heteroatoms. The Morgan fingerprint density at radius 3 is 2.39 bits per heavy atom. The molecule has 276 valence electrons. The van der Waals surface area contributed by atoms with Crippen molar-refractivity contribution in [3.8, 4) is 0 Å². The second-order valence-electron chi connectivity index (χ2n) is 13.7. The van der Waals surface area contributed by atoms with E-state index in [1.807, 2.05) is 20.8 Å². The van der Waals surface area contributed by atoms with Gasteiger partial charge in [-0.15, -0.1) is 0 Å². The molecule has 2 aromatic heterocycles. The molecular weight excluding hydrogens is 685 g/mol. The molecule has 3 aliphatic rings. The van der Waals surface area contributed by atoms with Crippen molar-refractivity contribution in [3.05, 3.63) is 11.5 Å². The summed E-state index contributed by atoms with van der Waals surface area (Å²) in [6.07, 6.45) is 1.46. The first-order chi connectivity index (χ1) is 23.1. The van der Waals surface area contributed by atoms with Crippen LogP contribution in [0.5, 0.6) is 0 Å². The van der Waals surface area contributed by atoms with Gasteiger partial charge in [-0.25, -0.2) is 9.48 Å². The third-order valence-electron chi connectivity index (χ3n) is 8.51. The van der Waals surface area contributed by atoms with Gasteiger partial charge in [0.1, 0.15) is 23.9 Å². The van der Waals surface area contributed by atoms with E-state index in [1.54, 1.807) is 38.8 Å². The molecule has 4 heterocycles. The molecule has 3 fully saturated rings. The number of hydrogen-bond donors (Lipinski definition) is 1. The summed E-state index contributed by atoms with van der Waals surface area (Å²) in [4.78, 5) is 24.2. The van der Waals surface area contributed by atoms with Crippen molar-refractivity contribution in [1.29, 1.82) is 0 Å². The number of aromatic nitrogens is 4. The third-order valence-corrected chi connectivity index (χ3v) is 11.3. The lowest BCUT2D eigenvalue weighted by Crippen LogP contribution is -2.46.